The van der Waals surface area contributed by atoms with Crippen LogP contribution in [0.4, 0.5) is 0 Å². The molecule has 2 aliphatic carbocycles. The predicted molar refractivity (Wildman–Crippen MR) is 101 cm³/mol. The standard InChI is InChI=1S/C18H33N3O3.ClH/c1-6-24-13-11-18(19,16(13,2)3)14(22)20-12-17(9-7-8-10-17)15(23)21(4)5;/h13H,6-12,19H2,1-5H3,(H,20,22);1H. The van der Waals surface area contributed by atoms with Crippen molar-refractivity contribution in [1.29, 1.82) is 0 Å². The van der Waals surface area contributed by atoms with Gasteiger partial charge >= 0.3 is 0 Å². The summed E-state index contributed by atoms with van der Waals surface area (Å²) in [5, 5.41) is 2.99. The van der Waals surface area contributed by atoms with Crippen molar-refractivity contribution in [3.8, 4) is 0 Å². The molecular weight excluding hydrogens is 342 g/mol. The zero-order valence-electron chi connectivity index (χ0n) is 16.2. The van der Waals surface area contributed by atoms with Crippen LogP contribution in [0.25, 0.3) is 0 Å². The molecule has 2 amide bonds. The Morgan fingerprint density at radius 1 is 1.24 bits per heavy atom. The summed E-state index contributed by atoms with van der Waals surface area (Å²) in [7, 11) is 3.55. The van der Waals surface area contributed by atoms with E-state index in [9.17, 15) is 9.59 Å². The Bertz CT molecular complexity index is 504. The highest BCUT2D eigenvalue weighted by atomic mass is 35.5. The largest absolute Gasteiger partial charge is 0.378 e. The van der Waals surface area contributed by atoms with Crippen LogP contribution >= 0.6 is 12.4 Å². The Morgan fingerprint density at radius 3 is 2.24 bits per heavy atom. The zero-order chi connectivity index (χ0) is 18.2. The Labute approximate surface area is 157 Å². The fraction of sp³-hybridized carbons (Fsp3) is 0.889. The van der Waals surface area contributed by atoms with Crippen molar-refractivity contribution in [2.45, 2.75) is 64.5 Å². The van der Waals surface area contributed by atoms with Gasteiger partial charge in [0, 0.05) is 39.1 Å². The first-order valence-corrected chi connectivity index (χ1v) is 9.01. The SMILES string of the molecule is CCOC1CC(N)(C(=O)NCC2(C(=O)N(C)C)CCCC2)C1(C)C.Cl. The third kappa shape index (κ3) is 3.67. The van der Waals surface area contributed by atoms with E-state index < -0.39 is 16.4 Å². The van der Waals surface area contributed by atoms with E-state index >= 15 is 0 Å². The van der Waals surface area contributed by atoms with Gasteiger partial charge in [-0.2, -0.15) is 0 Å². The second-order valence-corrected chi connectivity index (χ2v) is 8.21. The highest BCUT2D eigenvalue weighted by Crippen LogP contribution is 2.50. The molecule has 0 heterocycles. The number of hydrogen-bond donors (Lipinski definition) is 2. The summed E-state index contributed by atoms with van der Waals surface area (Å²) in [6.07, 6.45) is 4.23. The lowest BCUT2D eigenvalue weighted by molar-refractivity contribution is -0.171. The third-order valence-electron chi connectivity index (χ3n) is 6.24. The van der Waals surface area contributed by atoms with Crippen molar-refractivity contribution < 1.29 is 14.3 Å². The number of ether oxygens (including phenoxy) is 1. The van der Waals surface area contributed by atoms with Gasteiger partial charge in [-0.3, -0.25) is 9.59 Å². The summed E-state index contributed by atoms with van der Waals surface area (Å²) in [6, 6.07) is 0. The van der Waals surface area contributed by atoms with Gasteiger partial charge in [0.1, 0.15) is 5.54 Å². The average Bonchev–Trinajstić information content (AvgIpc) is 3.01. The normalized spacial score (nSPS) is 29.3. The average molecular weight is 376 g/mol. The molecule has 2 aliphatic rings. The number of amides is 2. The van der Waals surface area contributed by atoms with Crippen LogP contribution in [0.3, 0.4) is 0 Å². The van der Waals surface area contributed by atoms with E-state index in [2.05, 4.69) is 5.32 Å². The van der Waals surface area contributed by atoms with Crippen LogP contribution in [-0.4, -0.2) is 55.6 Å². The molecule has 0 aromatic heterocycles. The molecule has 2 fully saturated rings. The van der Waals surface area contributed by atoms with E-state index in [1.54, 1.807) is 19.0 Å². The number of nitrogens with one attached hydrogen (secondary N) is 1. The maximum Gasteiger partial charge on any atom is 0.240 e. The smallest absolute Gasteiger partial charge is 0.240 e. The van der Waals surface area contributed by atoms with Gasteiger partial charge in [-0.15, -0.1) is 12.4 Å². The van der Waals surface area contributed by atoms with E-state index in [-0.39, 0.29) is 30.3 Å². The molecule has 0 aliphatic heterocycles. The monoisotopic (exact) mass is 375 g/mol. The van der Waals surface area contributed by atoms with Gasteiger partial charge in [0.15, 0.2) is 0 Å². The van der Waals surface area contributed by atoms with Gasteiger partial charge in [0.25, 0.3) is 0 Å². The molecule has 146 valence electrons. The van der Waals surface area contributed by atoms with E-state index in [0.717, 1.165) is 25.7 Å². The molecule has 7 heteroatoms. The molecular formula is C18H34ClN3O3. The van der Waals surface area contributed by atoms with Gasteiger partial charge in [-0.05, 0) is 19.8 Å². The Balaban J connectivity index is 0.00000312. The highest BCUT2D eigenvalue weighted by molar-refractivity contribution is 5.90. The van der Waals surface area contributed by atoms with E-state index in [1.807, 2.05) is 20.8 Å². The third-order valence-corrected chi connectivity index (χ3v) is 6.24. The summed E-state index contributed by atoms with van der Waals surface area (Å²) >= 11 is 0. The molecule has 2 atom stereocenters. The molecule has 0 aromatic rings. The predicted octanol–water partition coefficient (Wildman–Crippen LogP) is 1.71. The summed E-state index contributed by atoms with van der Waals surface area (Å²) in [6.45, 7) is 6.90. The number of carbonyl (C=O) groups is 2. The van der Waals surface area contributed by atoms with Gasteiger partial charge in [0.05, 0.1) is 11.5 Å². The van der Waals surface area contributed by atoms with Gasteiger partial charge < -0.3 is 20.7 Å². The summed E-state index contributed by atoms with van der Waals surface area (Å²) < 4.78 is 5.69. The lowest BCUT2D eigenvalue weighted by Crippen LogP contribution is -2.76. The van der Waals surface area contributed by atoms with E-state index in [4.69, 9.17) is 10.5 Å². The maximum atomic E-state index is 12.8. The van der Waals surface area contributed by atoms with Crippen LogP contribution in [0, 0.1) is 10.8 Å². The molecule has 2 rings (SSSR count). The lowest BCUT2D eigenvalue weighted by Gasteiger charge is -2.57. The van der Waals surface area contributed by atoms with E-state index in [1.165, 1.54) is 0 Å². The summed E-state index contributed by atoms with van der Waals surface area (Å²) in [4.78, 5) is 27.0. The van der Waals surface area contributed by atoms with Crippen LogP contribution in [0.15, 0.2) is 0 Å². The van der Waals surface area contributed by atoms with Crippen LogP contribution < -0.4 is 11.1 Å². The minimum Gasteiger partial charge on any atom is -0.378 e. The number of nitrogens with two attached hydrogens (primary N) is 1. The van der Waals surface area contributed by atoms with Gasteiger partial charge in [0.2, 0.25) is 11.8 Å². The molecule has 3 N–H and O–H groups in total. The molecule has 2 unspecified atom stereocenters. The van der Waals surface area contributed by atoms with Crippen molar-refractivity contribution in [3.05, 3.63) is 0 Å². The zero-order valence-corrected chi connectivity index (χ0v) is 17.0. The number of halogens is 1. The highest BCUT2D eigenvalue weighted by Gasteiger charge is 2.63. The Kier molecular flexibility index (Phi) is 6.93. The van der Waals surface area contributed by atoms with Crippen LogP contribution in [0.2, 0.25) is 0 Å². The summed E-state index contributed by atoms with van der Waals surface area (Å²) in [5.41, 5.74) is 4.60. The molecule has 0 bridgehead atoms. The van der Waals surface area contributed by atoms with Crippen LogP contribution in [0.5, 0.6) is 0 Å². The number of hydrogen-bond acceptors (Lipinski definition) is 4. The van der Waals surface area contributed by atoms with Gasteiger partial charge in [-0.25, -0.2) is 0 Å². The first-order chi connectivity index (χ1) is 11.1. The van der Waals surface area contributed by atoms with Crippen molar-refractivity contribution in [1.82, 2.24) is 10.2 Å². The topological polar surface area (TPSA) is 84.7 Å². The quantitative estimate of drug-likeness (QED) is 0.740. The number of nitrogens with zero attached hydrogens (tertiary/aromatic N) is 1. The fourth-order valence-electron chi connectivity index (χ4n) is 4.22. The maximum absolute atomic E-state index is 12.8. The van der Waals surface area contributed by atoms with Crippen molar-refractivity contribution in [2.75, 3.05) is 27.2 Å². The lowest BCUT2D eigenvalue weighted by atomic mass is 9.54. The minimum absolute atomic E-state index is 0. The number of carbonyl (C=O) groups excluding carboxylic acids is 2. The Morgan fingerprint density at radius 2 is 1.80 bits per heavy atom. The second-order valence-electron chi connectivity index (χ2n) is 8.21. The summed E-state index contributed by atoms with van der Waals surface area (Å²) in [5.74, 6) is -0.0623. The molecule has 2 saturated carbocycles. The molecule has 0 spiro atoms. The molecule has 0 aromatic carbocycles. The van der Waals surface area contributed by atoms with Crippen LogP contribution in [-0.2, 0) is 14.3 Å². The van der Waals surface area contributed by atoms with Crippen LogP contribution in [0.1, 0.15) is 52.9 Å². The molecule has 0 saturated heterocycles. The fourth-order valence-corrected chi connectivity index (χ4v) is 4.22. The van der Waals surface area contributed by atoms with Crippen molar-refractivity contribution in [2.24, 2.45) is 16.6 Å². The molecule has 25 heavy (non-hydrogen) atoms. The minimum atomic E-state index is -0.937. The van der Waals surface area contributed by atoms with Crippen molar-refractivity contribution >= 4 is 24.2 Å². The molecule has 0 radical (unpaired) electrons. The first-order valence-electron chi connectivity index (χ1n) is 9.01. The second kappa shape index (κ2) is 7.80. The van der Waals surface area contributed by atoms with Crippen molar-refractivity contribution in [3.63, 3.8) is 0 Å². The number of rotatable bonds is 6. The molecule has 6 nitrogen and oxygen atoms in total. The van der Waals surface area contributed by atoms with E-state index in [0.29, 0.717) is 19.6 Å². The first kappa shape index (κ1) is 22.2. The Hall–Kier alpha value is -0.850. The van der Waals surface area contributed by atoms with Gasteiger partial charge in [-0.1, -0.05) is 26.7 Å².